The molecule has 1 amide bonds. The zero-order valence-electron chi connectivity index (χ0n) is 15.3. The molecule has 2 unspecified atom stereocenters. The second-order valence-electron chi connectivity index (χ2n) is 7.74. The summed E-state index contributed by atoms with van der Waals surface area (Å²) in [6.45, 7) is 6.20. The van der Waals surface area contributed by atoms with Crippen LogP contribution in [0.1, 0.15) is 53.0 Å². The topological polar surface area (TPSA) is 46.1 Å². The minimum Gasteiger partial charge on any atom is -0.349 e. The van der Waals surface area contributed by atoms with Crippen molar-refractivity contribution in [1.29, 1.82) is 0 Å². The first-order valence-corrected chi connectivity index (χ1v) is 9.34. The van der Waals surface area contributed by atoms with E-state index in [0.29, 0.717) is 18.1 Å². The Kier molecular flexibility index (Phi) is 4.16. The molecule has 3 heterocycles. The molecule has 2 aliphatic rings. The number of carbonyl (C=O) groups excluding carboxylic acids is 1. The van der Waals surface area contributed by atoms with Gasteiger partial charge in [0.05, 0.1) is 5.56 Å². The zero-order valence-corrected chi connectivity index (χ0v) is 15.3. The average molecular weight is 337 g/mol. The van der Waals surface area contributed by atoms with E-state index in [2.05, 4.69) is 53.3 Å². The maximum absolute atomic E-state index is 12.9. The molecule has 25 heavy (non-hydrogen) atoms. The van der Waals surface area contributed by atoms with E-state index >= 15 is 0 Å². The van der Waals surface area contributed by atoms with Crippen LogP contribution >= 0.6 is 0 Å². The molecule has 2 aromatic rings. The van der Waals surface area contributed by atoms with E-state index < -0.39 is 0 Å². The van der Waals surface area contributed by atoms with Gasteiger partial charge in [-0.2, -0.15) is 0 Å². The lowest BCUT2D eigenvalue weighted by Crippen LogP contribution is -2.48. The van der Waals surface area contributed by atoms with Crippen molar-refractivity contribution in [2.45, 2.75) is 64.6 Å². The van der Waals surface area contributed by atoms with E-state index in [-0.39, 0.29) is 5.91 Å². The summed E-state index contributed by atoms with van der Waals surface area (Å²) in [4.78, 5) is 12.9. The highest BCUT2D eigenvalue weighted by molar-refractivity contribution is 5.96. The van der Waals surface area contributed by atoms with Crippen LogP contribution in [-0.4, -0.2) is 28.6 Å². The Morgan fingerprint density at radius 2 is 1.84 bits per heavy atom. The van der Waals surface area contributed by atoms with Crippen LogP contribution in [0.25, 0.3) is 5.69 Å². The van der Waals surface area contributed by atoms with Crippen LogP contribution in [0.3, 0.4) is 0 Å². The highest BCUT2D eigenvalue weighted by Crippen LogP contribution is 2.27. The molecule has 2 atom stereocenters. The molecule has 2 fully saturated rings. The molecule has 2 saturated heterocycles. The van der Waals surface area contributed by atoms with Crippen LogP contribution in [-0.2, 0) is 0 Å². The largest absolute Gasteiger partial charge is 0.349 e. The lowest BCUT2D eigenvalue weighted by molar-refractivity contribution is 0.0923. The van der Waals surface area contributed by atoms with Crippen molar-refractivity contribution >= 4 is 5.91 Å². The lowest BCUT2D eigenvalue weighted by atomic mass is 9.99. The molecule has 1 aromatic carbocycles. The van der Waals surface area contributed by atoms with Crippen molar-refractivity contribution in [3.63, 3.8) is 0 Å². The number of rotatable bonds is 3. The molecule has 0 radical (unpaired) electrons. The maximum atomic E-state index is 12.9. The summed E-state index contributed by atoms with van der Waals surface area (Å²) in [5.41, 5.74) is 5.25. The average Bonchev–Trinajstić information content (AvgIpc) is 3.06. The second kappa shape index (κ2) is 6.34. The first-order valence-electron chi connectivity index (χ1n) is 9.34. The third-order valence-electron chi connectivity index (χ3n) is 5.74. The van der Waals surface area contributed by atoms with Gasteiger partial charge < -0.3 is 15.2 Å². The van der Waals surface area contributed by atoms with Gasteiger partial charge in [0.25, 0.3) is 5.91 Å². The van der Waals surface area contributed by atoms with Gasteiger partial charge in [-0.3, -0.25) is 4.79 Å². The minimum absolute atomic E-state index is 0.0679. The number of aromatic nitrogens is 1. The highest BCUT2D eigenvalue weighted by atomic mass is 16.1. The molecule has 0 aliphatic carbocycles. The second-order valence-corrected chi connectivity index (χ2v) is 7.74. The number of piperidine rings is 1. The molecule has 4 heteroatoms. The Morgan fingerprint density at radius 1 is 1.12 bits per heavy atom. The zero-order chi connectivity index (χ0) is 17.6. The number of amides is 1. The van der Waals surface area contributed by atoms with Gasteiger partial charge in [-0.05, 0) is 70.2 Å². The molecule has 0 spiro atoms. The Labute approximate surface area is 149 Å². The molecule has 132 valence electrons. The van der Waals surface area contributed by atoms with Gasteiger partial charge >= 0.3 is 0 Å². The highest BCUT2D eigenvalue weighted by Gasteiger charge is 2.34. The fraction of sp³-hybridized carbons (Fsp3) is 0.476. The molecule has 1 aromatic heterocycles. The standard InChI is InChI=1S/C21H27N3O/c1-13-5-4-6-19(9-13)24-14(2)10-20(15(24)3)21(25)23-18-11-16-7-8-17(12-18)22-16/h4-6,9-10,16-18,22H,7-8,11-12H2,1-3H3,(H,23,25). The van der Waals surface area contributed by atoms with Crippen LogP contribution in [0.15, 0.2) is 30.3 Å². The van der Waals surface area contributed by atoms with E-state index in [4.69, 9.17) is 0 Å². The first kappa shape index (κ1) is 16.4. The molecule has 4 nitrogen and oxygen atoms in total. The van der Waals surface area contributed by atoms with E-state index in [9.17, 15) is 4.79 Å². The quantitative estimate of drug-likeness (QED) is 0.901. The van der Waals surface area contributed by atoms with Gasteiger partial charge in [-0.15, -0.1) is 0 Å². The third kappa shape index (κ3) is 3.11. The normalized spacial score (nSPS) is 25.2. The third-order valence-corrected chi connectivity index (χ3v) is 5.74. The van der Waals surface area contributed by atoms with E-state index in [1.54, 1.807) is 0 Å². The number of benzene rings is 1. The van der Waals surface area contributed by atoms with Crippen molar-refractivity contribution in [3.8, 4) is 5.69 Å². The van der Waals surface area contributed by atoms with Crippen LogP contribution in [0.2, 0.25) is 0 Å². The number of nitrogens with zero attached hydrogens (tertiary/aromatic N) is 1. The molecule has 2 aliphatic heterocycles. The monoisotopic (exact) mass is 337 g/mol. The van der Waals surface area contributed by atoms with E-state index in [0.717, 1.165) is 35.5 Å². The summed E-state index contributed by atoms with van der Waals surface area (Å²) in [5.74, 6) is 0.0679. The number of hydrogen-bond acceptors (Lipinski definition) is 2. The molecular weight excluding hydrogens is 310 g/mol. The van der Waals surface area contributed by atoms with Crippen molar-refractivity contribution in [3.05, 3.63) is 52.8 Å². The summed E-state index contributed by atoms with van der Waals surface area (Å²) >= 11 is 0. The van der Waals surface area contributed by atoms with E-state index in [1.165, 1.54) is 18.4 Å². The summed E-state index contributed by atoms with van der Waals surface area (Å²) in [5, 5.41) is 6.92. The lowest BCUT2D eigenvalue weighted by Gasteiger charge is -2.29. The fourth-order valence-corrected chi connectivity index (χ4v) is 4.60. The van der Waals surface area contributed by atoms with Crippen LogP contribution in [0.5, 0.6) is 0 Å². The predicted octanol–water partition coefficient (Wildman–Crippen LogP) is 3.42. The van der Waals surface area contributed by atoms with Gasteiger partial charge in [0.2, 0.25) is 0 Å². The molecule has 0 saturated carbocycles. The van der Waals surface area contributed by atoms with Crippen LogP contribution < -0.4 is 10.6 Å². The first-order chi connectivity index (χ1) is 12.0. The maximum Gasteiger partial charge on any atom is 0.253 e. The SMILES string of the molecule is Cc1cccc(-n2c(C)cc(C(=O)NC3CC4CCC(C3)N4)c2C)c1. The Balaban J connectivity index is 1.56. The van der Waals surface area contributed by atoms with E-state index in [1.807, 2.05) is 13.0 Å². The number of nitrogens with one attached hydrogen (secondary N) is 2. The number of fused-ring (bicyclic) bond motifs is 2. The Bertz CT molecular complexity index is 795. The van der Waals surface area contributed by atoms with Gasteiger partial charge in [0.1, 0.15) is 0 Å². The summed E-state index contributed by atoms with van der Waals surface area (Å²) in [6, 6.07) is 11.9. The predicted molar refractivity (Wildman–Crippen MR) is 100 cm³/mol. The molecule has 2 N–H and O–H groups in total. The van der Waals surface area contributed by atoms with Crippen molar-refractivity contribution in [2.75, 3.05) is 0 Å². The molecule has 2 bridgehead atoms. The minimum atomic E-state index is 0.0679. The van der Waals surface area contributed by atoms with Crippen LogP contribution in [0.4, 0.5) is 0 Å². The number of carbonyl (C=O) groups is 1. The van der Waals surface area contributed by atoms with Crippen molar-refractivity contribution in [1.82, 2.24) is 15.2 Å². The Morgan fingerprint density at radius 3 is 2.52 bits per heavy atom. The molecular formula is C21H27N3O. The van der Waals surface area contributed by atoms with Gasteiger partial charge in [-0.25, -0.2) is 0 Å². The number of aryl methyl sites for hydroxylation is 2. The van der Waals surface area contributed by atoms with Crippen molar-refractivity contribution < 1.29 is 4.79 Å². The Hall–Kier alpha value is -2.07. The van der Waals surface area contributed by atoms with Crippen LogP contribution in [0, 0.1) is 20.8 Å². The fourth-order valence-electron chi connectivity index (χ4n) is 4.60. The van der Waals surface area contributed by atoms with Gasteiger partial charge in [0, 0.05) is 35.2 Å². The smallest absolute Gasteiger partial charge is 0.253 e. The molecule has 4 rings (SSSR count). The number of hydrogen-bond donors (Lipinski definition) is 2. The van der Waals surface area contributed by atoms with Gasteiger partial charge in [0.15, 0.2) is 0 Å². The van der Waals surface area contributed by atoms with Gasteiger partial charge in [-0.1, -0.05) is 12.1 Å². The summed E-state index contributed by atoms with van der Waals surface area (Å²) in [7, 11) is 0. The van der Waals surface area contributed by atoms with Crippen molar-refractivity contribution in [2.24, 2.45) is 0 Å². The summed E-state index contributed by atoms with van der Waals surface area (Å²) < 4.78 is 2.17. The summed E-state index contributed by atoms with van der Waals surface area (Å²) in [6.07, 6.45) is 4.61.